The number of amides is 2. The van der Waals surface area contributed by atoms with Gasteiger partial charge in [-0.1, -0.05) is 60.7 Å². The number of hydrogen-bond acceptors (Lipinski definition) is 2. The molecule has 136 valence electrons. The van der Waals surface area contributed by atoms with Crippen molar-refractivity contribution in [3.8, 4) is 0 Å². The van der Waals surface area contributed by atoms with Crippen molar-refractivity contribution in [3.05, 3.63) is 71.8 Å². The monoisotopic (exact) mass is 350 g/mol. The van der Waals surface area contributed by atoms with Gasteiger partial charge in [-0.25, -0.2) is 0 Å². The maximum Gasteiger partial charge on any atom is 0.223 e. The van der Waals surface area contributed by atoms with Gasteiger partial charge in [0, 0.05) is 13.1 Å². The molecule has 2 amide bonds. The van der Waals surface area contributed by atoms with Crippen LogP contribution in [0.25, 0.3) is 0 Å². The van der Waals surface area contributed by atoms with Crippen molar-refractivity contribution in [2.24, 2.45) is 11.8 Å². The van der Waals surface area contributed by atoms with Gasteiger partial charge in [-0.2, -0.15) is 0 Å². The van der Waals surface area contributed by atoms with Gasteiger partial charge in [-0.05, 0) is 36.8 Å². The predicted molar refractivity (Wildman–Crippen MR) is 103 cm³/mol. The van der Waals surface area contributed by atoms with Crippen molar-refractivity contribution in [1.82, 2.24) is 10.6 Å². The topological polar surface area (TPSA) is 58.2 Å². The van der Waals surface area contributed by atoms with Gasteiger partial charge < -0.3 is 10.6 Å². The van der Waals surface area contributed by atoms with Crippen LogP contribution in [-0.4, -0.2) is 24.9 Å². The van der Waals surface area contributed by atoms with Gasteiger partial charge >= 0.3 is 0 Å². The summed E-state index contributed by atoms with van der Waals surface area (Å²) in [6.07, 6.45) is 3.35. The third-order valence-electron chi connectivity index (χ3n) is 4.80. The molecule has 1 aliphatic rings. The number of hydrogen-bond donors (Lipinski definition) is 2. The molecular weight excluding hydrogens is 324 g/mol. The van der Waals surface area contributed by atoms with Crippen molar-refractivity contribution in [2.45, 2.75) is 25.7 Å². The molecule has 3 rings (SSSR count). The highest BCUT2D eigenvalue weighted by atomic mass is 16.2. The van der Waals surface area contributed by atoms with Gasteiger partial charge in [-0.15, -0.1) is 0 Å². The van der Waals surface area contributed by atoms with E-state index in [-0.39, 0.29) is 23.7 Å². The molecule has 0 spiro atoms. The average Bonchev–Trinajstić information content (AvgIpc) is 3.48. The van der Waals surface area contributed by atoms with Crippen molar-refractivity contribution >= 4 is 11.8 Å². The molecule has 0 bridgehead atoms. The Morgan fingerprint density at radius 1 is 0.731 bits per heavy atom. The molecular formula is C22H26N2O2. The molecule has 26 heavy (non-hydrogen) atoms. The van der Waals surface area contributed by atoms with Gasteiger partial charge in [-0.3, -0.25) is 9.59 Å². The highest BCUT2D eigenvalue weighted by molar-refractivity contribution is 5.92. The highest BCUT2D eigenvalue weighted by Crippen LogP contribution is 2.38. The summed E-state index contributed by atoms with van der Waals surface area (Å²) in [5.41, 5.74) is 2.49. The summed E-state index contributed by atoms with van der Waals surface area (Å²) in [5.74, 6) is -0.282. The molecule has 2 N–H and O–H groups in total. The summed E-state index contributed by atoms with van der Waals surface area (Å²) in [6, 6.07) is 20.3. The van der Waals surface area contributed by atoms with E-state index in [0.29, 0.717) is 19.5 Å². The fourth-order valence-electron chi connectivity index (χ4n) is 3.16. The predicted octanol–water partition coefficient (Wildman–Crippen LogP) is 2.73. The minimum Gasteiger partial charge on any atom is -0.356 e. The molecule has 1 saturated carbocycles. The number of carbonyl (C=O) groups excluding carboxylic acids is 2. The Morgan fingerprint density at radius 3 is 1.81 bits per heavy atom. The first-order valence-corrected chi connectivity index (χ1v) is 9.37. The van der Waals surface area contributed by atoms with E-state index in [2.05, 4.69) is 34.9 Å². The first kappa shape index (κ1) is 18.2. The lowest BCUT2D eigenvalue weighted by molar-refractivity contribution is -0.127. The van der Waals surface area contributed by atoms with Crippen molar-refractivity contribution < 1.29 is 9.59 Å². The number of rotatable bonds is 9. The zero-order valence-corrected chi connectivity index (χ0v) is 15.0. The minimum atomic E-state index is -0.153. The third-order valence-corrected chi connectivity index (χ3v) is 4.80. The third kappa shape index (κ3) is 5.45. The lowest BCUT2D eigenvalue weighted by Gasteiger charge is -2.06. The van der Waals surface area contributed by atoms with Crippen LogP contribution in [-0.2, 0) is 22.4 Å². The second-order valence-corrected chi connectivity index (χ2v) is 6.86. The summed E-state index contributed by atoms with van der Waals surface area (Å²) in [6.45, 7) is 1.28. The van der Waals surface area contributed by atoms with Gasteiger partial charge in [0.15, 0.2) is 0 Å². The fraction of sp³-hybridized carbons (Fsp3) is 0.364. The van der Waals surface area contributed by atoms with E-state index in [1.165, 1.54) is 11.1 Å². The molecule has 4 heteroatoms. The normalized spacial score (nSPS) is 18.2. The lowest BCUT2D eigenvalue weighted by atomic mass is 10.1. The molecule has 0 heterocycles. The van der Waals surface area contributed by atoms with Crippen molar-refractivity contribution in [1.29, 1.82) is 0 Å². The van der Waals surface area contributed by atoms with Crippen LogP contribution in [0, 0.1) is 11.8 Å². The quantitative estimate of drug-likeness (QED) is 0.683. The van der Waals surface area contributed by atoms with E-state index in [4.69, 9.17) is 0 Å². The SMILES string of the molecule is O=C(NCCCc1ccccc1)C1CC1C(=O)NCCc1ccccc1. The highest BCUT2D eigenvalue weighted by Gasteiger charge is 2.47. The van der Waals surface area contributed by atoms with Crippen LogP contribution in [0.4, 0.5) is 0 Å². The standard InChI is InChI=1S/C22H26N2O2/c25-21(23-14-7-12-17-8-3-1-4-9-17)19-16-20(19)22(26)24-15-13-18-10-5-2-6-11-18/h1-6,8-11,19-20H,7,12-16H2,(H,23,25)(H,24,26). The minimum absolute atomic E-state index is 0.00497. The summed E-state index contributed by atoms with van der Waals surface area (Å²) in [4.78, 5) is 24.3. The summed E-state index contributed by atoms with van der Waals surface area (Å²) < 4.78 is 0. The fourth-order valence-corrected chi connectivity index (χ4v) is 3.16. The summed E-state index contributed by atoms with van der Waals surface area (Å²) in [5, 5.41) is 5.91. The zero-order chi connectivity index (χ0) is 18.2. The Balaban J connectivity index is 1.29. The zero-order valence-electron chi connectivity index (χ0n) is 15.0. The van der Waals surface area contributed by atoms with E-state index in [0.717, 1.165) is 19.3 Å². The van der Waals surface area contributed by atoms with Gasteiger partial charge in [0.2, 0.25) is 11.8 Å². The van der Waals surface area contributed by atoms with Crippen LogP contribution < -0.4 is 10.6 Å². The Labute approximate surface area is 155 Å². The van der Waals surface area contributed by atoms with E-state index < -0.39 is 0 Å². The van der Waals surface area contributed by atoms with E-state index >= 15 is 0 Å². The molecule has 0 radical (unpaired) electrons. The van der Waals surface area contributed by atoms with Crippen LogP contribution in [0.1, 0.15) is 24.0 Å². The molecule has 2 aromatic carbocycles. The maximum atomic E-state index is 12.1. The number of carbonyl (C=O) groups is 2. The van der Waals surface area contributed by atoms with E-state index in [1.54, 1.807) is 0 Å². The number of nitrogens with one attached hydrogen (secondary N) is 2. The van der Waals surface area contributed by atoms with E-state index in [1.807, 2.05) is 36.4 Å². The van der Waals surface area contributed by atoms with Crippen LogP contribution in [0.5, 0.6) is 0 Å². The molecule has 2 atom stereocenters. The Kier molecular flexibility index (Phi) is 6.42. The van der Waals surface area contributed by atoms with Gasteiger partial charge in [0.25, 0.3) is 0 Å². The number of benzene rings is 2. The molecule has 1 aliphatic carbocycles. The van der Waals surface area contributed by atoms with Crippen molar-refractivity contribution in [2.75, 3.05) is 13.1 Å². The van der Waals surface area contributed by atoms with Crippen LogP contribution >= 0.6 is 0 Å². The van der Waals surface area contributed by atoms with E-state index in [9.17, 15) is 9.59 Å². The molecule has 0 aromatic heterocycles. The molecule has 4 nitrogen and oxygen atoms in total. The van der Waals surface area contributed by atoms with Crippen LogP contribution in [0.15, 0.2) is 60.7 Å². The molecule has 2 unspecified atom stereocenters. The smallest absolute Gasteiger partial charge is 0.223 e. The molecule has 0 aliphatic heterocycles. The summed E-state index contributed by atoms with van der Waals surface area (Å²) in [7, 11) is 0. The van der Waals surface area contributed by atoms with Crippen LogP contribution in [0.3, 0.4) is 0 Å². The lowest BCUT2D eigenvalue weighted by Crippen LogP contribution is -2.31. The maximum absolute atomic E-state index is 12.1. The Hall–Kier alpha value is -2.62. The first-order chi connectivity index (χ1) is 12.7. The number of aryl methyl sites for hydroxylation is 1. The molecule has 1 fully saturated rings. The first-order valence-electron chi connectivity index (χ1n) is 9.37. The van der Waals surface area contributed by atoms with Gasteiger partial charge in [0.05, 0.1) is 11.8 Å². The Bertz CT molecular complexity index is 715. The largest absolute Gasteiger partial charge is 0.356 e. The van der Waals surface area contributed by atoms with Crippen LogP contribution in [0.2, 0.25) is 0 Å². The van der Waals surface area contributed by atoms with Gasteiger partial charge in [0.1, 0.15) is 0 Å². The Morgan fingerprint density at radius 2 is 1.23 bits per heavy atom. The summed E-state index contributed by atoms with van der Waals surface area (Å²) >= 11 is 0. The molecule has 2 aromatic rings. The second-order valence-electron chi connectivity index (χ2n) is 6.86. The second kappa shape index (κ2) is 9.18. The average molecular weight is 350 g/mol. The van der Waals surface area contributed by atoms with Crippen molar-refractivity contribution in [3.63, 3.8) is 0 Å². The molecule has 0 saturated heterocycles.